The number of unbranched alkanes of at least 4 members (excludes halogenated alkanes) is 1. The number of nitrogens with one attached hydrogen (secondary N) is 1. The summed E-state index contributed by atoms with van der Waals surface area (Å²) in [5, 5.41) is 21.1. The van der Waals surface area contributed by atoms with E-state index in [1.165, 1.54) is 18.2 Å². The van der Waals surface area contributed by atoms with Crippen LogP contribution in [0.25, 0.3) is 0 Å². The highest BCUT2D eigenvalue weighted by molar-refractivity contribution is 7.85. The van der Waals surface area contributed by atoms with Crippen molar-refractivity contribution in [2.24, 2.45) is 0 Å². The van der Waals surface area contributed by atoms with E-state index < -0.39 is 16.1 Å². The first kappa shape index (κ1) is 15.3. The Hall–Kier alpha value is -1.80. The average molecular weight is 289 g/mol. The van der Waals surface area contributed by atoms with E-state index in [0.29, 0.717) is 25.1 Å². The molecule has 0 bridgehead atoms. The molecule has 106 valence electrons. The Kier molecular flexibility index (Phi) is 5.13. The molecule has 0 aliphatic carbocycles. The molecule has 1 aromatic carbocycles. The van der Waals surface area contributed by atoms with Crippen molar-refractivity contribution in [3.63, 3.8) is 0 Å². The number of benzene rings is 1. The summed E-state index contributed by atoms with van der Waals surface area (Å²) >= 11 is 0. The molecule has 8 heteroatoms. The zero-order valence-corrected chi connectivity index (χ0v) is 10.9. The number of aromatic hydroxyl groups is 1. The van der Waals surface area contributed by atoms with Crippen molar-refractivity contribution in [1.29, 1.82) is 0 Å². The fraction of sp³-hybridized carbons (Fsp3) is 0.364. The molecule has 1 rings (SSSR count). The number of aromatic carboxylic acids is 1. The van der Waals surface area contributed by atoms with Gasteiger partial charge in [0.15, 0.2) is 0 Å². The van der Waals surface area contributed by atoms with Gasteiger partial charge >= 0.3 is 5.97 Å². The molecule has 0 saturated heterocycles. The van der Waals surface area contributed by atoms with Crippen LogP contribution in [0, 0.1) is 0 Å². The highest BCUT2D eigenvalue weighted by atomic mass is 32.2. The molecular weight excluding hydrogens is 274 g/mol. The van der Waals surface area contributed by atoms with Crippen LogP contribution in [0.5, 0.6) is 5.75 Å². The molecule has 1 aromatic rings. The van der Waals surface area contributed by atoms with Crippen molar-refractivity contribution in [2.75, 3.05) is 17.6 Å². The van der Waals surface area contributed by atoms with E-state index in [1.807, 2.05) is 0 Å². The summed E-state index contributed by atoms with van der Waals surface area (Å²) in [6.07, 6.45) is 0.826. The lowest BCUT2D eigenvalue weighted by Crippen LogP contribution is -2.07. The molecule has 0 saturated carbocycles. The average Bonchev–Trinajstić information content (AvgIpc) is 2.26. The van der Waals surface area contributed by atoms with Gasteiger partial charge in [-0.15, -0.1) is 0 Å². The maximum Gasteiger partial charge on any atom is 0.339 e. The van der Waals surface area contributed by atoms with Gasteiger partial charge in [0.2, 0.25) is 0 Å². The van der Waals surface area contributed by atoms with E-state index in [-0.39, 0.29) is 17.1 Å². The molecule has 0 spiro atoms. The van der Waals surface area contributed by atoms with E-state index in [0.717, 1.165) is 0 Å². The van der Waals surface area contributed by atoms with Crippen LogP contribution in [-0.4, -0.2) is 41.5 Å². The van der Waals surface area contributed by atoms with Gasteiger partial charge in [-0.05, 0) is 25.0 Å². The predicted molar refractivity (Wildman–Crippen MR) is 69.2 cm³/mol. The Bertz CT molecular complexity index is 554. The van der Waals surface area contributed by atoms with Gasteiger partial charge in [0.05, 0.1) is 5.75 Å². The van der Waals surface area contributed by atoms with E-state index in [9.17, 15) is 18.3 Å². The number of hydrogen-bond acceptors (Lipinski definition) is 5. The molecule has 0 aliphatic rings. The number of carboxylic acids is 1. The highest BCUT2D eigenvalue weighted by Crippen LogP contribution is 2.21. The first-order valence-electron chi connectivity index (χ1n) is 5.55. The molecule has 4 N–H and O–H groups in total. The van der Waals surface area contributed by atoms with Crippen LogP contribution in [-0.2, 0) is 10.1 Å². The van der Waals surface area contributed by atoms with Crippen molar-refractivity contribution >= 4 is 21.8 Å². The largest absolute Gasteiger partial charge is 0.507 e. The van der Waals surface area contributed by atoms with E-state index in [2.05, 4.69) is 5.32 Å². The molecule has 0 unspecified atom stereocenters. The van der Waals surface area contributed by atoms with Gasteiger partial charge in [0.25, 0.3) is 10.1 Å². The van der Waals surface area contributed by atoms with Crippen LogP contribution in [0.1, 0.15) is 23.2 Å². The Balaban J connectivity index is 2.42. The van der Waals surface area contributed by atoms with Crippen LogP contribution < -0.4 is 5.32 Å². The molecule has 7 nitrogen and oxygen atoms in total. The maximum atomic E-state index is 10.7. The minimum absolute atomic E-state index is 0.183. The molecular formula is C11H15NO6S. The highest BCUT2D eigenvalue weighted by Gasteiger charge is 2.09. The Morgan fingerprint density at radius 2 is 1.95 bits per heavy atom. The van der Waals surface area contributed by atoms with Gasteiger partial charge in [0, 0.05) is 18.3 Å². The molecule has 0 radical (unpaired) electrons. The summed E-state index contributed by atoms with van der Waals surface area (Å²) in [7, 11) is -3.92. The topological polar surface area (TPSA) is 124 Å². The zero-order valence-electron chi connectivity index (χ0n) is 10.0. The fourth-order valence-corrected chi connectivity index (χ4v) is 2.03. The zero-order chi connectivity index (χ0) is 14.5. The molecule has 0 amide bonds. The summed E-state index contributed by atoms with van der Waals surface area (Å²) in [4.78, 5) is 10.7. The number of phenols is 1. The number of carboxylic acid groups (broad SMARTS) is 1. The van der Waals surface area contributed by atoms with Crippen LogP contribution in [0.15, 0.2) is 18.2 Å². The molecule has 0 heterocycles. The van der Waals surface area contributed by atoms with Gasteiger partial charge in [-0.25, -0.2) is 4.79 Å². The van der Waals surface area contributed by atoms with Crippen molar-refractivity contribution < 1.29 is 28.0 Å². The first-order valence-corrected chi connectivity index (χ1v) is 7.16. The van der Waals surface area contributed by atoms with Crippen LogP contribution in [0.2, 0.25) is 0 Å². The lowest BCUT2D eigenvalue weighted by Gasteiger charge is -2.07. The third-order valence-corrected chi connectivity index (χ3v) is 3.19. The van der Waals surface area contributed by atoms with Crippen LogP contribution >= 0.6 is 0 Å². The standard InChI is InChI=1S/C11H15NO6S/c13-10-7-8(3-4-9(10)11(14)15)12-5-1-2-6-19(16,17)18/h3-4,7,12-13H,1-2,5-6H2,(H,14,15)(H,16,17,18). The van der Waals surface area contributed by atoms with Crippen molar-refractivity contribution in [2.45, 2.75) is 12.8 Å². The molecule has 19 heavy (non-hydrogen) atoms. The van der Waals surface area contributed by atoms with Gasteiger partial charge in [-0.2, -0.15) is 8.42 Å². The smallest absolute Gasteiger partial charge is 0.339 e. The minimum Gasteiger partial charge on any atom is -0.507 e. The first-order chi connectivity index (χ1) is 8.79. The number of rotatable bonds is 7. The summed E-state index contributed by atoms with van der Waals surface area (Å²) < 4.78 is 29.4. The van der Waals surface area contributed by atoms with Crippen molar-refractivity contribution in [3.05, 3.63) is 23.8 Å². The summed E-state index contributed by atoms with van der Waals surface area (Å²) in [6.45, 7) is 0.446. The number of anilines is 1. The van der Waals surface area contributed by atoms with Gasteiger partial charge < -0.3 is 15.5 Å². The monoisotopic (exact) mass is 289 g/mol. The second-order valence-corrected chi connectivity index (χ2v) is 5.53. The Morgan fingerprint density at radius 1 is 1.26 bits per heavy atom. The molecule has 0 atom stereocenters. The fourth-order valence-electron chi connectivity index (χ4n) is 1.46. The third-order valence-electron chi connectivity index (χ3n) is 2.39. The quantitative estimate of drug-likeness (QED) is 0.438. The summed E-state index contributed by atoms with van der Waals surface area (Å²) in [6, 6.07) is 4.07. The van der Waals surface area contributed by atoms with Crippen LogP contribution in [0.4, 0.5) is 5.69 Å². The van der Waals surface area contributed by atoms with Crippen molar-refractivity contribution in [3.8, 4) is 5.75 Å². The lowest BCUT2D eigenvalue weighted by atomic mass is 10.2. The summed E-state index contributed by atoms with van der Waals surface area (Å²) in [5.41, 5.74) is 0.353. The predicted octanol–water partition coefficient (Wildman–Crippen LogP) is 1.17. The second kappa shape index (κ2) is 6.39. The maximum absolute atomic E-state index is 10.7. The molecule has 0 aromatic heterocycles. The number of carbonyl (C=O) groups is 1. The molecule has 0 fully saturated rings. The van der Waals surface area contributed by atoms with Crippen LogP contribution in [0.3, 0.4) is 0 Å². The summed E-state index contributed by atoms with van der Waals surface area (Å²) in [5.74, 6) is -1.84. The van der Waals surface area contributed by atoms with Gasteiger partial charge in [-0.1, -0.05) is 0 Å². The second-order valence-electron chi connectivity index (χ2n) is 3.96. The SMILES string of the molecule is O=C(O)c1ccc(NCCCCS(=O)(=O)O)cc1O. The minimum atomic E-state index is -3.92. The van der Waals surface area contributed by atoms with Gasteiger partial charge in [-0.3, -0.25) is 4.55 Å². The Labute approximate surface area is 110 Å². The van der Waals surface area contributed by atoms with Crippen molar-refractivity contribution in [1.82, 2.24) is 0 Å². The van der Waals surface area contributed by atoms with E-state index in [4.69, 9.17) is 9.66 Å². The van der Waals surface area contributed by atoms with E-state index >= 15 is 0 Å². The van der Waals surface area contributed by atoms with Gasteiger partial charge in [0.1, 0.15) is 11.3 Å². The third kappa shape index (κ3) is 5.58. The lowest BCUT2D eigenvalue weighted by molar-refractivity contribution is 0.0693. The normalized spacial score (nSPS) is 11.2. The molecule has 0 aliphatic heterocycles. The van der Waals surface area contributed by atoms with E-state index in [1.54, 1.807) is 0 Å². The Morgan fingerprint density at radius 3 is 2.47 bits per heavy atom. The number of hydrogen-bond donors (Lipinski definition) is 4.